The van der Waals surface area contributed by atoms with Crippen LogP contribution in [0, 0.1) is 0 Å². The Morgan fingerprint density at radius 2 is 1.39 bits per heavy atom. The Hall–Kier alpha value is -2.36. The van der Waals surface area contributed by atoms with Crippen molar-refractivity contribution >= 4 is 11.6 Å². The number of Topliss-reactive ketones (excluding diaryl/α,β-unsaturated/α-hetero) is 2. The minimum absolute atomic E-state index is 0.0132. The largest absolute Gasteiger partial charge is 0.489 e. The average Bonchev–Trinajstić information content (AvgIpc) is 2.56. The van der Waals surface area contributed by atoms with E-state index in [1.54, 1.807) is 6.92 Å². The number of hydrogen-bond acceptors (Lipinski definition) is 4. The molecule has 0 heterocycles. The van der Waals surface area contributed by atoms with E-state index in [2.05, 4.69) is 19.1 Å². The van der Waals surface area contributed by atoms with Gasteiger partial charge in [-0.25, -0.2) is 0 Å². The number of benzene rings is 1. The predicted molar refractivity (Wildman–Crippen MR) is 87.9 cm³/mol. The number of carbonyl (C=O) groups excluding carboxylic acids is 2. The first kappa shape index (κ1) is 17.0. The van der Waals surface area contributed by atoms with E-state index in [-0.39, 0.29) is 23.1 Å². The third-order valence-electron chi connectivity index (χ3n) is 4.04. The summed E-state index contributed by atoms with van der Waals surface area (Å²) in [5, 5.41) is 0. The minimum Gasteiger partial charge on any atom is -0.489 e. The summed E-state index contributed by atoms with van der Waals surface area (Å²) in [7, 11) is 2.74. The number of aryl methyl sites for hydroxylation is 1. The van der Waals surface area contributed by atoms with E-state index < -0.39 is 0 Å². The lowest BCUT2D eigenvalue weighted by Gasteiger charge is -2.20. The maximum absolute atomic E-state index is 12.6. The van der Waals surface area contributed by atoms with E-state index in [9.17, 15) is 9.59 Å². The number of carbonyl (C=O) groups is 2. The second kappa shape index (κ2) is 7.27. The second-order valence-electron chi connectivity index (χ2n) is 5.57. The van der Waals surface area contributed by atoms with Crippen molar-refractivity contribution in [2.75, 3.05) is 14.2 Å². The smallest absolute Gasteiger partial charge is 0.228 e. The van der Waals surface area contributed by atoms with Crippen molar-refractivity contribution < 1.29 is 19.1 Å². The summed E-state index contributed by atoms with van der Waals surface area (Å²) in [5.74, 6) is -0.599. The maximum Gasteiger partial charge on any atom is 0.228 e. The van der Waals surface area contributed by atoms with E-state index in [0.29, 0.717) is 17.6 Å². The molecule has 4 nitrogen and oxygen atoms in total. The van der Waals surface area contributed by atoms with Crippen LogP contribution in [0.4, 0.5) is 0 Å². The van der Waals surface area contributed by atoms with Crippen LogP contribution < -0.4 is 0 Å². The van der Waals surface area contributed by atoms with E-state index in [0.717, 1.165) is 18.4 Å². The van der Waals surface area contributed by atoms with Gasteiger partial charge in [0.05, 0.1) is 14.2 Å². The Morgan fingerprint density at radius 3 is 1.91 bits per heavy atom. The number of rotatable bonds is 6. The molecule has 1 aliphatic rings. The van der Waals surface area contributed by atoms with Crippen molar-refractivity contribution in [2.45, 2.75) is 33.1 Å². The molecule has 2 rings (SSSR count). The fraction of sp³-hybridized carbons (Fsp3) is 0.368. The fourth-order valence-electron chi connectivity index (χ4n) is 2.72. The highest BCUT2D eigenvalue weighted by atomic mass is 16.5. The first-order valence-corrected chi connectivity index (χ1v) is 7.72. The molecule has 0 atom stereocenters. The predicted octanol–water partition coefficient (Wildman–Crippen LogP) is 3.15. The summed E-state index contributed by atoms with van der Waals surface area (Å²) >= 11 is 0. The maximum atomic E-state index is 12.6. The van der Waals surface area contributed by atoms with Gasteiger partial charge in [0, 0.05) is 17.6 Å². The summed E-state index contributed by atoms with van der Waals surface area (Å²) in [6.45, 7) is 3.80. The molecule has 0 aliphatic heterocycles. The van der Waals surface area contributed by atoms with Gasteiger partial charge in [-0.05, 0) is 24.5 Å². The summed E-state index contributed by atoms with van der Waals surface area (Å²) < 4.78 is 10.1. The molecule has 4 heteroatoms. The Morgan fingerprint density at radius 1 is 0.870 bits per heavy atom. The third kappa shape index (κ3) is 3.36. The van der Waals surface area contributed by atoms with E-state index in [4.69, 9.17) is 9.47 Å². The number of methoxy groups -OCH3 is 2. The molecule has 0 N–H and O–H groups in total. The molecule has 0 spiro atoms. The van der Waals surface area contributed by atoms with Crippen molar-refractivity contribution in [2.24, 2.45) is 0 Å². The van der Waals surface area contributed by atoms with Crippen LogP contribution in [0.2, 0.25) is 0 Å². The quantitative estimate of drug-likeness (QED) is 0.757. The number of ketones is 2. The zero-order valence-corrected chi connectivity index (χ0v) is 14.1. The van der Waals surface area contributed by atoms with Gasteiger partial charge in [-0.1, -0.05) is 37.6 Å². The number of ether oxygens (including phenoxy) is 2. The Kier molecular flexibility index (Phi) is 5.37. The van der Waals surface area contributed by atoms with Crippen LogP contribution in [0.15, 0.2) is 46.9 Å². The lowest BCUT2D eigenvalue weighted by molar-refractivity contribution is -0.121. The normalized spacial score (nSPS) is 15.3. The molecule has 0 radical (unpaired) electrons. The first-order valence-electron chi connectivity index (χ1n) is 7.72. The van der Waals surface area contributed by atoms with Gasteiger partial charge in [0.2, 0.25) is 23.1 Å². The van der Waals surface area contributed by atoms with Gasteiger partial charge in [-0.3, -0.25) is 9.59 Å². The van der Waals surface area contributed by atoms with Crippen molar-refractivity contribution in [3.63, 3.8) is 0 Å². The van der Waals surface area contributed by atoms with Crippen LogP contribution in [0.25, 0.3) is 0 Å². The zero-order chi connectivity index (χ0) is 17.0. The Bertz CT molecular complexity index is 678. The Labute approximate surface area is 136 Å². The SMILES string of the molecule is CCCc1ccc(CC2=C(C)C(=O)C(OC)=C(OC)C2=O)cc1. The molecule has 0 saturated carbocycles. The molecule has 0 saturated heterocycles. The average molecular weight is 314 g/mol. The Balaban J connectivity index is 2.30. The van der Waals surface area contributed by atoms with Crippen LogP contribution in [0.3, 0.4) is 0 Å². The summed E-state index contributed by atoms with van der Waals surface area (Å²) in [6.07, 6.45) is 2.54. The summed E-state index contributed by atoms with van der Waals surface area (Å²) in [5.41, 5.74) is 3.16. The van der Waals surface area contributed by atoms with E-state index in [1.165, 1.54) is 19.8 Å². The summed E-state index contributed by atoms with van der Waals surface area (Å²) in [4.78, 5) is 24.9. The van der Waals surface area contributed by atoms with Crippen molar-refractivity contribution in [3.05, 3.63) is 58.1 Å². The lowest BCUT2D eigenvalue weighted by atomic mass is 9.88. The first-order chi connectivity index (χ1) is 11.0. The van der Waals surface area contributed by atoms with Crippen molar-refractivity contribution in [3.8, 4) is 0 Å². The fourth-order valence-corrected chi connectivity index (χ4v) is 2.72. The van der Waals surface area contributed by atoms with E-state index in [1.807, 2.05) is 12.1 Å². The van der Waals surface area contributed by atoms with E-state index >= 15 is 0 Å². The molecule has 0 amide bonds. The molecule has 0 unspecified atom stereocenters. The zero-order valence-electron chi connectivity index (χ0n) is 14.1. The monoisotopic (exact) mass is 314 g/mol. The molecule has 23 heavy (non-hydrogen) atoms. The van der Waals surface area contributed by atoms with Crippen LogP contribution in [-0.4, -0.2) is 25.8 Å². The van der Waals surface area contributed by atoms with Crippen LogP contribution in [0.5, 0.6) is 0 Å². The highest BCUT2D eigenvalue weighted by molar-refractivity contribution is 6.23. The van der Waals surface area contributed by atoms with Gasteiger partial charge in [0.1, 0.15) is 0 Å². The molecule has 1 aliphatic carbocycles. The molecule has 1 aromatic carbocycles. The van der Waals surface area contributed by atoms with Crippen LogP contribution in [0.1, 0.15) is 31.4 Å². The highest BCUT2D eigenvalue weighted by Gasteiger charge is 2.34. The summed E-state index contributed by atoms with van der Waals surface area (Å²) in [6, 6.07) is 8.14. The van der Waals surface area contributed by atoms with Crippen molar-refractivity contribution in [1.29, 1.82) is 0 Å². The molecule has 0 bridgehead atoms. The standard InChI is InChI=1S/C19H22O4/c1-5-6-13-7-9-14(10-8-13)11-15-12(2)16(20)18(22-3)19(23-4)17(15)21/h7-10H,5-6,11H2,1-4H3. The number of hydrogen-bond donors (Lipinski definition) is 0. The molecule has 0 fully saturated rings. The molecular weight excluding hydrogens is 292 g/mol. The van der Waals surface area contributed by atoms with Gasteiger partial charge in [0.25, 0.3) is 0 Å². The van der Waals surface area contributed by atoms with Crippen LogP contribution >= 0.6 is 0 Å². The molecule has 1 aromatic rings. The van der Waals surface area contributed by atoms with Gasteiger partial charge in [-0.15, -0.1) is 0 Å². The third-order valence-corrected chi connectivity index (χ3v) is 4.04. The second-order valence-corrected chi connectivity index (χ2v) is 5.57. The lowest BCUT2D eigenvalue weighted by Crippen LogP contribution is -2.26. The molecule has 0 aromatic heterocycles. The van der Waals surface area contributed by atoms with Crippen LogP contribution in [-0.2, 0) is 31.9 Å². The number of allylic oxidation sites excluding steroid dienone is 2. The van der Waals surface area contributed by atoms with Gasteiger partial charge < -0.3 is 9.47 Å². The highest BCUT2D eigenvalue weighted by Crippen LogP contribution is 2.28. The molecular formula is C19H22O4. The van der Waals surface area contributed by atoms with Gasteiger partial charge >= 0.3 is 0 Å². The topological polar surface area (TPSA) is 52.6 Å². The molecule has 122 valence electrons. The van der Waals surface area contributed by atoms with Gasteiger partial charge in [-0.2, -0.15) is 0 Å². The van der Waals surface area contributed by atoms with Gasteiger partial charge in [0.15, 0.2) is 0 Å². The van der Waals surface area contributed by atoms with Crippen molar-refractivity contribution in [1.82, 2.24) is 0 Å². The minimum atomic E-state index is -0.290.